The number of thiazole rings is 1. The number of aromatic nitrogens is 1. The predicted octanol–water partition coefficient (Wildman–Crippen LogP) is 4.83. The van der Waals surface area contributed by atoms with Gasteiger partial charge in [-0.05, 0) is 54.5 Å². The molecule has 2 N–H and O–H groups in total. The van der Waals surface area contributed by atoms with Gasteiger partial charge in [-0.3, -0.25) is 9.59 Å². The third kappa shape index (κ3) is 4.90. The van der Waals surface area contributed by atoms with Crippen LogP contribution in [-0.4, -0.2) is 16.8 Å². The summed E-state index contributed by atoms with van der Waals surface area (Å²) in [5, 5.41) is 8.16. The number of fused-ring (bicyclic) bond motifs is 1. The van der Waals surface area contributed by atoms with E-state index in [2.05, 4.69) is 33.8 Å². The average molecular weight is 406 g/mol. The first-order chi connectivity index (χ1) is 14.1. The van der Waals surface area contributed by atoms with Gasteiger partial charge in [-0.25, -0.2) is 4.98 Å². The van der Waals surface area contributed by atoms with Crippen LogP contribution in [0.2, 0.25) is 0 Å². The molecule has 6 heteroatoms. The van der Waals surface area contributed by atoms with Crippen LogP contribution < -0.4 is 10.6 Å². The number of aryl methyl sites for hydroxylation is 2. The van der Waals surface area contributed by atoms with Crippen molar-refractivity contribution < 1.29 is 9.59 Å². The lowest BCUT2D eigenvalue weighted by Gasteiger charge is -2.16. The molecule has 3 aromatic rings. The van der Waals surface area contributed by atoms with Crippen LogP contribution in [0.4, 0.5) is 10.8 Å². The molecule has 0 unspecified atom stereocenters. The van der Waals surface area contributed by atoms with Crippen molar-refractivity contribution in [3.63, 3.8) is 0 Å². The highest BCUT2D eigenvalue weighted by Crippen LogP contribution is 2.26. The Labute approximate surface area is 174 Å². The first-order valence-electron chi connectivity index (χ1n) is 9.81. The highest BCUT2D eigenvalue weighted by atomic mass is 32.1. The number of benzene rings is 2. The molecule has 0 bridgehead atoms. The minimum Gasteiger partial charge on any atom is -0.326 e. The maximum absolute atomic E-state index is 12.5. The van der Waals surface area contributed by atoms with Crippen LogP contribution in [0, 0.1) is 0 Å². The van der Waals surface area contributed by atoms with Crippen molar-refractivity contribution >= 4 is 34.0 Å². The van der Waals surface area contributed by atoms with Crippen molar-refractivity contribution in [3.8, 4) is 11.3 Å². The van der Waals surface area contributed by atoms with E-state index >= 15 is 0 Å². The lowest BCUT2D eigenvalue weighted by molar-refractivity contribution is -0.116. The maximum atomic E-state index is 12.5. The third-order valence-electron chi connectivity index (χ3n) is 5.03. The second-order valence-electron chi connectivity index (χ2n) is 7.33. The number of hydrogen-bond acceptors (Lipinski definition) is 4. The van der Waals surface area contributed by atoms with Crippen molar-refractivity contribution in [2.75, 3.05) is 10.6 Å². The Hall–Kier alpha value is -2.99. The van der Waals surface area contributed by atoms with Crippen LogP contribution in [0.15, 0.2) is 47.8 Å². The zero-order valence-corrected chi connectivity index (χ0v) is 17.1. The van der Waals surface area contributed by atoms with E-state index in [9.17, 15) is 9.59 Å². The normalized spacial score (nSPS) is 12.9. The van der Waals surface area contributed by atoms with Crippen LogP contribution in [0.5, 0.6) is 0 Å². The zero-order chi connectivity index (χ0) is 20.2. The van der Waals surface area contributed by atoms with Gasteiger partial charge in [0.2, 0.25) is 11.8 Å². The molecule has 2 amide bonds. The van der Waals surface area contributed by atoms with E-state index in [0.29, 0.717) is 11.6 Å². The lowest BCUT2D eigenvalue weighted by atomic mass is 9.90. The molecular weight excluding hydrogens is 382 g/mol. The highest BCUT2D eigenvalue weighted by Gasteiger charge is 2.13. The minimum absolute atomic E-state index is 0.0531. The minimum atomic E-state index is -0.102. The molecule has 0 saturated heterocycles. The van der Waals surface area contributed by atoms with Crippen molar-refractivity contribution in [2.45, 2.75) is 39.0 Å². The fraction of sp³-hybridized carbons (Fsp3) is 0.261. The summed E-state index contributed by atoms with van der Waals surface area (Å²) < 4.78 is 0. The van der Waals surface area contributed by atoms with Gasteiger partial charge in [0, 0.05) is 23.6 Å². The SMILES string of the molecule is CC(=O)Nc1ccc(-c2csc(NC(=O)Cc3ccc4c(c3)CCCC4)n2)cc1. The van der Waals surface area contributed by atoms with Crippen LogP contribution in [0.3, 0.4) is 0 Å². The molecule has 1 aliphatic carbocycles. The molecule has 148 valence electrons. The van der Waals surface area contributed by atoms with Gasteiger partial charge in [-0.2, -0.15) is 0 Å². The summed E-state index contributed by atoms with van der Waals surface area (Å²) in [6.07, 6.45) is 5.11. The standard InChI is InChI=1S/C23H23N3O2S/c1-15(27)24-20-10-8-18(9-11-20)21-14-29-23(25-21)26-22(28)13-16-6-7-17-4-2-3-5-19(17)12-16/h6-12,14H,2-5,13H2,1H3,(H,24,27)(H,25,26,28). The Balaban J connectivity index is 1.38. The predicted molar refractivity (Wildman–Crippen MR) is 117 cm³/mol. The molecule has 0 atom stereocenters. The van der Waals surface area contributed by atoms with Crippen molar-refractivity contribution in [1.29, 1.82) is 0 Å². The number of amides is 2. The van der Waals surface area contributed by atoms with E-state index in [4.69, 9.17) is 0 Å². The van der Waals surface area contributed by atoms with Gasteiger partial charge >= 0.3 is 0 Å². The first kappa shape index (κ1) is 19.3. The second-order valence-corrected chi connectivity index (χ2v) is 8.19. The molecule has 1 aliphatic rings. The van der Waals surface area contributed by atoms with Gasteiger partial charge in [0.05, 0.1) is 12.1 Å². The molecular formula is C23H23N3O2S. The molecule has 0 fully saturated rings. The van der Waals surface area contributed by atoms with Crippen molar-refractivity contribution in [1.82, 2.24) is 4.98 Å². The van der Waals surface area contributed by atoms with Crippen LogP contribution >= 0.6 is 11.3 Å². The summed E-state index contributed by atoms with van der Waals surface area (Å²) in [7, 11) is 0. The fourth-order valence-corrected chi connectivity index (χ4v) is 4.37. The summed E-state index contributed by atoms with van der Waals surface area (Å²) >= 11 is 1.41. The Morgan fingerprint density at radius 3 is 2.52 bits per heavy atom. The topological polar surface area (TPSA) is 71.1 Å². The maximum Gasteiger partial charge on any atom is 0.230 e. The van der Waals surface area contributed by atoms with Gasteiger partial charge < -0.3 is 10.6 Å². The largest absolute Gasteiger partial charge is 0.326 e. The van der Waals surface area contributed by atoms with E-state index in [1.807, 2.05) is 29.6 Å². The van der Waals surface area contributed by atoms with E-state index in [1.165, 1.54) is 42.2 Å². The summed E-state index contributed by atoms with van der Waals surface area (Å²) in [5.41, 5.74) is 6.35. The monoisotopic (exact) mass is 405 g/mol. The number of hydrogen-bond donors (Lipinski definition) is 2. The molecule has 2 aromatic carbocycles. The molecule has 0 spiro atoms. The van der Waals surface area contributed by atoms with Gasteiger partial charge in [0.15, 0.2) is 5.13 Å². The Bertz CT molecular complexity index is 1040. The summed E-state index contributed by atoms with van der Waals surface area (Å²) in [6.45, 7) is 1.48. The molecule has 0 aliphatic heterocycles. The molecule has 0 saturated carbocycles. The Kier molecular flexibility index (Phi) is 5.71. The molecule has 4 rings (SSSR count). The Morgan fingerprint density at radius 2 is 1.76 bits per heavy atom. The van der Waals surface area contributed by atoms with Crippen molar-refractivity contribution in [3.05, 3.63) is 64.5 Å². The molecule has 5 nitrogen and oxygen atoms in total. The average Bonchev–Trinajstić information content (AvgIpc) is 3.16. The van der Waals surface area contributed by atoms with E-state index in [1.54, 1.807) is 0 Å². The van der Waals surface area contributed by atoms with Gasteiger partial charge in [0.25, 0.3) is 0 Å². The smallest absolute Gasteiger partial charge is 0.230 e. The third-order valence-corrected chi connectivity index (χ3v) is 5.79. The van der Waals surface area contributed by atoms with Crippen molar-refractivity contribution in [2.24, 2.45) is 0 Å². The highest BCUT2D eigenvalue weighted by molar-refractivity contribution is 7.14. The number of anilines is 2. The molecule has 29 heavy (non-hydrogen) atoms. The van der Waals surface area contributed by atoms with Crippen LogP contribution in [-0.2, 0) is 28.9 Å². The van der Waals surface area contributed by atoms with E-state index < -0.39 is 0 Å². The Morgan fingerprint density at radius 1 is 1.00 bits per heavy atom. The zero-order valence-electron chi connectivity index (χ0n) is 16.3. The molecule has 1 aromatic heterocycles. The number of carbonyl (C=O) groups excluding carboxylic acids is 2. The number of carbonyl (C=O) groups is 2. The summed E-state index contributed by atoms with van der Waals surface area (Å²) in [4.78, 5) is 28.1. The lowest BCUT2D eigenvalue weighted by Crippen LogP contribution is -2.15. The van der Waals surface area contributed by atoms with E-state index in [0.717, 1.165) is 35.3 Å². The number of nitrogens with zero attached hydrogens (tertiary/aromatic N) is 1. The second kappa shape index (κ2) is 8.57. The molecule has 1 heterocycles. The van der Waals surface area contributed by atoms with Gasteiger partial charge in [0.1, 0.15) is 0 Å². The summed E-state index contributed by atoms with van der Waals surface area (Å²) in [5.74, 6) is -0.155. The molecule has 0 radical (unpaired) electrons. The number of nitrogens with one attached hydrogen (secondary N) is 2. The van der Waals surface area contributed by atoms with Gasteiger partial charge in [-0.1, -0.05) is 30.3 Å². The van der Waals surface area contributed by atoms with E-state index in [-0.39, 0.29) is 11.8 Å². The van der Waals surface area contributed by atoms with Gasteiger partial charge in [-0.15, -0.1) is 11.3 Å². The van der Waals surface area contributed by atoms with Crippen LogP contribution in [0.25, 0.3) is 11.3 Å². The number of rotatable bonds is 5. The summed E-state index contributed by atoms with van der Waals surface area (Å²) in [6, 6.07) is 13.9. The quantitative estimate of drug-likeness (QED) is 0.639. The van der Waals surface area contributed by atoms with Crippen LogP contribution in [0.1, 0.15) is 36.5 Å². The fourth-order valence-electron chi connectivity index (χ4n) is 3.64. The first-order valence-corrected chi connectivity index (χ1v) is 10.7.